The van der Waals surface area contributed by atoms with Crippen LogP contribution in [0.2, 0.25) is 0 Å². The van der Waals surface area contributed by atoms with Crippen molar-refractivity contribution in [2.24, 2.45) is 0 Å². The topological polar surface area (TPSA) is 59.3 Å². The Morgan fingerprint density at radius 3 is 2.27 bits per heavy atom. The lowest BCUT2D eigenvalue weighted by Gasteiger charge is -2.07. The van der Waals surface area contributed by atoms with Gasteiger partial charge in [-0.1, -0.05) is 64.0 Å². The second-order valence-corrected chi connectivity index (χ2v) is 7.37. The van der Waals surface area contributed by atoms with Gasteiger partial charge in [0.2, 0.25) is 0 Å². The molecule has 0 unspecified atom stereocenters. The van der Waals surface area contributed by atoms with E-state index in [4.69, 9.17) is 14.7 Å². The van der Waals surface area contributed by atoms with E-state index in [1.54, 1.807) is 18.2 Å². The minimum absolute atomic E-state index is 0.0641. The zero-order valence-electron chi connectivity index (χ0n) is 17.7. The van der Waals surface area contributed by atoms with Crippen molar-refractivity contribution in [3.63, 3.8) is 0 Å². The van der Waals surface area contributed by atoms with Crippen molar-refractivity contribution in [2.45, 2.75) is 64.9 Å². The van der Waals surface area contributed by atoms with Gasteiger partial charge in [0.25, 0.3) is 0 Å². The van der Waals surface area contributed by atoms with Crippen LogP contribution in [0.3, 0.4) is 0 Å². The molecule has 0 aliphatic heterocycles. The molecule has 0 amide bonds. The maximum Gasteiger partial charge on any atom is 0.343 e. The SMILES string of the molecule is CCCCCCCCCCOCc1ccc(C(=O)Oc2ccc(C#N)c(F)c2)cc1. The molecule has 0 fully saturated rings. The van der Waals surface area contributed by atoms with Gasteiger partial charge >= 0.3 is 5.97 Å². The average molecular weight is 412 g/mol. The van der Waals surface area contributed by atoms with E-state index in [1.165, 1.54) is 57.1 Å². The zero-order valence-corrected chi connectivity index (χ0v) is 17.7. The number of benzene rings is 2. The molecular formula is C25H30FNO3. The van der Waals surface area contributed by atoms with Crippen LogP contribution in [0.5, 0.6) is 5.75 Å². The zero-order chi connectivity index (χ0) is 21.6. The van der Waals surface area contributed by atoms with Gasteiger partial charge in [-0.3, -0.25) is 0 Å². The van der Waals surface area contributed by atoms with E-state index in [1.807, 2.05) is 12.1 Å². The first-order valence-corrected chi connectivity index (χ1v) is 10.7. The number of ether oxygens (including phenoxy) is 2. The van der Waals surface area contributed by atoms with E-state index in [-0.39, 0.29) is 11.3 Å². The van der Waals surface area contributed by atoms with Gasteiger partial charge in [-0.05, 0) is 36.2 Å². The van der Waals surface area contributed by atoms with E-state index in [0.29, 0.717) is 12.2 Å². The summed E-state index contributed by atoms with van der Waals surface area (Å²) in [7, 11) is 0. The quantitative estimate of drug-likeness (QED) is 0.212. The van der Waals surface area contributed by atoms with Crippen molar-refractivity contribution in [3.8, 4) is 11.8 Å². The summed E-state index contributed by atoms with van der Waals surface area (Å²) < 4.78 is 24.5. The minimum Gasteiger partial charge on any atom is -0.423 e. The number of carbonyl (C=O) groups is 1. The summed E-state index contributed by atoms with van der Waals surface area (Å²) in [6.07, 6.45) is 10.2. The van der Waals surface area contributed by atoms with Gasteiger partial charge in [0, 0.05) is 12.7 Å². The van der Waals surface area contributed by atoms with E-state index in [2.05, 4.69) is 6.92 Å². The predicted octanol–water partition coefficient (Wildman–Crippen LogP) is 6.57. The van der Waals surface area contributed by atoms with Gasteiger partial charge in [0.15, 0.2) is 0 Å². The molecule has 2 aromatic rings. The minimum atomic E-state index is -0.716. The Kier molecular flexibility index (Phi) is 10.6. The van der Waals surface area contributed by atoms with Crippen LogP contribution in [0, 0.1) is 17.1 Å². The first-order chi connectivity index (χ1) is 14.6. The number of esters is 1. The van der Waals surface area contributed by atoms with E-state index < -0.39 is 11.8 Å². The lowest BCUT2D eigenvalue weighted by molar-refractivity contribution is 0.0734. The predicted molar refractivity (Wildman–Crippen MR) is 115 cm³/mol. The molecule has 160 valence electrons. The normalized spacial score (nSPS) is 10.6. The Morgan fingerprint density at radius 2 is 1.63 bits per heavy atom. The number of carbonyl (C=O) groups excluding carboxylic acids is 1. The molecule has 0 spiro atoms. The molecule has 0 atom stereocenters. The molecule has 5 heteroatoms. The summed E-state index contributed by atoms with van der Waals surface area (Å²) in [5.74, 6) is -1.23. The highest BCUT2D eigenvalue weighted by Gasteiger charge is 2.11. The van der Waals surface area contributed by atoms with Crippen LogP contribution in [-0.4, -0.2) is 12.6 Å². The largest absolute Gasteiger partial charge is 0.423 e. The summed E-state index contributed by atoms with van der Waals surface area (Å²) in [6.45, 7) is 3.48. The molecule has 0 aliphatic rings. The second-order valence-electron chi connectivity index (χ2n) is 7.37. The Hall–Kier alpha value is -2.71. The average Bonchev–Trinajstić information content (AvgIpc) is 2.75. The molecule has 2 rings (SSSR count). The third-order valence-corrected chi connectivity index (χ3v) is 4.87. The maximum atomic E-state index is 13.6. The number of nitrogens with zero attached hydrogens (tertiary/aromatic N) is 1. The Bertz CT molecular complexity index is 827. The molecular weight excluding hydrogens is 381 g/mol. The van der Waals surface area contributed by atoms with Crippen molar-refractivity contribution >= 4 is 5.97 Å². The van der Waals surface area contributed by atoms with E-state index in [9.17, 15) is 9.18 Å². The van der Waals surface area contributed by atoms with Crippen LogP contribution in [0.1, 0.15) is 79.8 Å². The summed E-state index contributed by atoms with van der Waals surface area (Å²) in [4.78, 5) is 12.2. The smallest absolute Gasteiger partial charge is 0.343 e. The lowest BCUT2D eigenvalue weighted by atomic mass is 10.1. The first kappa shape index (κ1) is 23.6. The van der Waals surface area contributed by atoms with Crippen LogP contribution >= 0.6 is 0 Å². The van der Waals surface area contributed by atoms with Crippen molar-refractivity contribution < 1.29 is 18.7 Å². The highest BCUT2D eigenvalue weighted by Crippen LogP contribution is 2.18. The number of rotatable bonds is 13. The van der Waals surface area contributed by atoms with Gasteiger partial charge in [0.1, 0.15) is 17.6 Å². The van der Waals surface area contributed by atoms with E-state index >= 15 is 0 Å². The molecule has 0 aliphatic carbocycles. The number of hydrogen-bond donors (Lipinski definition) is 0. The van der Waals surface area contributed by atoms with Gasteiger partial charge in [0.05, 0.1) is 17.7 Å². The number of unbranched alkanes of at least 4 members (excludes halogenated alkanes) is 7. The number of nitriles is 1. The van der Waals surface area contributed by atoms with Crippen LogP contribution < -0.4 is 4.74 Å². The van der Waals surface area contributed by atoms with Gasteiger partial charge in [-0.2, -0.15) is 5.26 Å². The van der Waals surface area contributed by atoms with Crippen LogP contribution in [0.15, 0.2) is 42.5 Å². The molecule has 30 heavy (non-hydrogen) atoms. The standard InChI is InChI=1S/C25H30FNO3/c1-2-3-4-5-6-7-8-9-16-29-19-20-10-12-21(13-11-20)25(28)30-23-15-14-22(18-27)24(26)17-23/h10-15,17H,2-9,16,19H2,1H3. The van der Waals surface area contributed by atoms with Crippen molar-refractivity contribution in [2.75, 3.05) is 6.61 Å². The molecule has 0 saturated carbocycles. The molecule has 2 aromatic carbocycles. The van der Waals surface area contributed by atoms with Crippen molar-refractivity contribution in [1.82, 2.24) is 0 Å². The van der Waals surface area contributed by atoms with Crippen LogP contribution in [0.4, 0.5) is 4.39 Å². The lowest BCUT2D eigenvalue weighted by Crippen LogP contribution is -2.09. The van der Waals surface area contributed by atoms with Crippen molar-refractivity contribution in [3.05, 3.63) is 65.0 Å². The Labute approximate surface area is 178 Å². The monoisotopic (exact) mass is 411 g/mol. The molecule has 0 aromatic heterocycles. The van der Waals surface area contributed by atoms with Gasteiger partial charge < -0.3 is 9.47 Å². The molecule has 0 heterocycles. The number of halogens is 1. The summed E-state index contributed by atoms with van der Waals surface area (Å²) in [5, 5.41) is 8.74. The van der Waals surface area contributed by atoms with E-state index in [0.717, 1.165) is 24.7 Å². The molecule has 0 bridgehead atoms. The molecule has 0 saturated heterocycles. The summed E-state index contributed by atoms with van der Waals surface area (Å²) >= 11 is 0. The van der Waals surface area contributed by atoms with Gasteiger partial charge in [-0.15, -0.1) is 0 Å². The fourth-order valence-electron chi connectivity index (χ4n) is 3.08. The fourth-order valence-corrected chi connectivity index (χ4v) is 3.08. The third-order valence-electron chi connectivity index (χ3n) is 4.87. The highest BCUT2D eigenvalue weighted by molar-refractivity contribution is 5.91. The highest BCUT2D eigenvalue weighted by atomic mass is 19.1. The summed E-state index contributed by atoms with van der Waals surface area (Å²) in [5.41, 5.74) is 1.26. The fraction of sp³-hybridized carbons (Fsp3) is 0.440. The molecule has 0 radical (unpaired) electrons. The molecule has 4 nitrogen and oxygen atoms in total. The number of hydrogen-bond acceptors (Lipinski definition) is 4. The second kappa shape index (κ2) is 13.5. The van der Waals surface area contributed by atoms with Crippen LogP contribution in [0.25, 0.3) is 0 Å². The summed E-state index contributed by atoms with van der Waals surface area (Å²) in [6, 6.07) is 12.4. The van der Waals surface area contributed by atoms with Crippen molar-refractivity contribution in [1.29, 1.82) is 5.26 Å². The Balaban J connectivity index is 1.66. The maximum absolute atomic E-state index is 13.6. The van der Waals surface area contributed by atoms with Gasteiger partial charge in [-0.25, -0.2) is 9.18 Å². The Morgan fingerprint density at radius 1 is 0.967 bits per heavy atom. The third kappa shape index (κ3) is 8.34. The first-order valence-electron chi connectivity index (χ1n) is 10.7. The van der Waals surface area contributed by atoms with Crippen LogP contribution in [-0.2, 0) is 11.3 Å². The molecule has 0 N–H and O–H groups in total.